The van der Waals surface area contributed by atoms with Gasteiger partial charge in [0.15, 0.2) is 0 Å². The Kier molecular flexibility index (Phi) is 10.4. The second kappa shape index (κ2) is 11.5. The van der Waals surface area contributed by atoms with Crippen LogP contribution in [0, 0.1) is 5.92 Å². The van der Waals surface area contributed by atoms with Crippen molar-refractivity contribution < 1.29 is 9.84 Å². The van der Waals surface area contributed by atoms with E-state index in [0.29, 0.717) is 0 Å². The third-order valence-corrected chi connectivity index (χ3v) is 4.93. The zero-order chi connectivity index (χ0) is 15.4. The summed E-state index contributed by atoms with van der Waals surface area (Å²) in [6.07, 6.45) is 17.4. The van der Waals surface area contributed by atoms with Gasteiger partial charge in [-0.15, -0.1) is 0 Å². The van der Waals surface area contributed by atoms with Gasteiger partial charge in [-0.1, -0.05) is 90.9 Å². The number of rotatable bonds is 15. The van der Waals surface area contributed by atoms with Gasteiger partial charge in [-0.2, -0.15) is 0 Å². The van der Waals surface area contributed by atoms with Gasteiger partial charge < -0.3 is 9.84 Å². The molecule has 0 aromatic heterocycles. The molecule has 0 aromatic rings. The molecular weight excluding hydrogens is 260 g/mol. The largest absolute Gasteiger partial charge is 0.393 e. The molecule has 2 heteroatoms. The molecule has 0 aromatic carbocycles. The fourth-order valence-corrected chi connectivity index (χ4v) is 3.32. The summed E-state index contributed by atoms with van der Waals surface area (Å²) in [7, 11) is 0. The number of aliphatic hydroxyl groups is 1. The molecule has 126 valence electrons. The molecule has 1 fully saturated rings. The van der Waals surface area contributed by atoms with Crippen molar-refractivity contribution in [2.45, 2.75) is 103 Å². The summed E-state index contributed by atoms with van der Waals surface area (Å²) in [4.78, 5) is 0. The zero-order valence-electron chi connectivity index (χ0n) is 14.5. The Balaban J connectivity index is 2.17. The molecule has 1 aliphatic heterocycles. The maximum Gasteiger partial charge on any atom is 0.115 e. The zero-order valence-corrected chi connectivity index (χ0v) is 14.5. The Morgan fingerprint density at radius 3 is 1.81 bits per heavy atom. The van der Waals surface area contributed by atoms with Crippen LogP contribution in [0.3, 0.4) is 0 Å². The van der Waals surface area contributed by atoms with E-state index in [0.717, 1.165) is 18.9 Å². The average molecular weight is 299 g/mol. The van der Waals surface area contributed by atoms with Gasteiger partial charge in [0.05, 0.1) is 13.2 Å². The van der Waals surface area contributed by atoms with Gasteiger partial charge in [0, 0.05) is 0 Å². The third kappa shape index (κ3) is 8.83. The van der Waals surface area contributed by atoms with Crippen molar-refractivity contribution in [3.63, 3.8) is 0 Å². The fraction of sp³-hybridized carbons (Fsp3) is 1.00. The van der Waals surface area contributed by atoms with Gasteiger partial charge in [0.1, 0.15) is 5.60 Å². The van der Waals surface area contributed by atoms with E-state index < -0.39 is 0 Å². The van der Waals surface area contributed by atoms with Crippen LogP contribution >= 0.6 is 0 Å². The first kappa shape index (κ1) is 19.0. The van der Waals surface area contributed by atoms with Crippen LogP contribution in [0.4, 0.5) is 0 Å². The van der Waals surface area contributed by atoms with Crippen LogP contribution in [0.15, 0.2) is 0 Å². The SMILES string of the molecule is CCCCCCCCC(CCCCCC)C[C@@]1(CO)CO1. The van der Waals surface area contributed by atoms with E-state index in [1.807, 2.05) is 0 Å². The molecule has 1 aliphatic rings. The highest BCUT2D eigenvalue weighted by molar-refractivity contribution is 4.93. The molecule has 2 nitrogen and oxygen atoms in total. The summed E-state index contributed by atoms with van der Waals surface area (Å²) in [5.41, 5.74) is -0.141. The minimum atomic E-state index is -0.141. The molecule has 0 bridgehead atoms. The molecule has 0 radical (unpaired) electrons. The highest BCUT2D eigenvalue weighted by Crippen LogP contribution is 2.37. The molecule has 1 unspecified atom stereocenters. The number of aliphatic hydroxyl groups excluding tert-OH is 1. The summed E-state index contributed by atoms with van der Waals surface area (Å²) in [6.45, 7) is 5.54. The molecule has 1 rings (SSSR count). The van der Waals surface area contributed by atoms with Gasteiger partial charge in [0.25, 0.3) is 0 Å². The summed E-state index contributed by atoms with van der Waals surface area (Å²) < 4.78 is 5.51. The number of hydrogen-bond donors (Lipinski definition) is 1. The summed E-state index contributed by atoms with van der Waals surface area (Å²) in [5, 5.41) is 9.46. The Morgan fingerprint density at radius 1 is 0.857 bits per heavy atom. The predicted octanol–water partition coefficient (Wildman–Crippen LogP) is 5.48. The van der Waals surface area contributed by atoms with E-state index >= 15 is 0 Å². The van der Waals surface area contributed by atoms with Crippen LogP contribution in [0.1, 0.15) is 97.3 Å². The lowest BCUT2D eigenvalue weighted by Crippen LogP contribution is -2.21. The van der Waals surface area contributed by atoms with Gasteiger partial charge in [-0.05, 0) is 12.3 Å². The lowest BCUT2D eigenvalue weighted by molar-refractivity contribution is 0.141. The molecule has 1 saturated heterocycles. The molecule has 0 amide bonds. The van der Waals surface area contributed by atoms with Crippen LogP contribution in [-0.2, 0) is 4.74 Å². The minimum absolute atomic E-state index is 0.141. The lowest BCUT2D eigenvalue weighted by Gasteiger charge is -2.20. The van der Waals surface area contributed by atoms with Crippen molar-refractivity contribution in [2.24, 2.45) is 5.92 Å². The average Bonchev–Trinajstić information content (AvgIpc) is 3.27. The topological polar surface area (TPSA) is 32.8 Å². The van der Waals surface area contributed by atoms with Crippen molar-refractivity contribution in [1.29, 1.82) is 0 Å². The van der Waals surface area contributed by atoms with Crippen molar-refractivity contribution in [2.75, 3.05) is 13.2 Å². The predicted molar refractivity (Wildman–Crippen MR) is 90.6 cm³/mol. The highest BCUT2D eigenvalue weighted by atomic mass is 16.6. The quantitative estimate of drug-likeness (QED) is 0.321. The molecule has 0 saturated carbocycles. The van der Waals surface area contributed by atoms with E-state index in [2.05, 4.69) is 13.8 Å². The second-order valence-electron chi connectivity index (χ2n) is 7.11. The molecule has 2 atom stereocenters. The van der Waals surface area contributed by atoms with Crippen LogP contribution in [0.5, 0.6) is 0 Å². The molecule has 0 aliphatic carbocycles. The molecule has 1 N–H and O–H groups in total. The van der Waals surface area contributed by atoms with Crippen LogP contribution in [-0.4, -0.2) is 23.9 Å². The molecule has 21 heavy (non-hydrogen) atoms. The van der Waals surface area contributed by atoms with Crippen molar-refractivity contribution in [1.82, 2.24) is 0 Å². The normalized spacial score (nSPS) is 22.4. The fourth-order valence-electron chi connectivity index (χ4n) is 3.32. The smallest absolute Gasteiger partial charge is 0.115 e. The van der Waals surface area contributed by atoms with E-state index in [1.165, 1.54) is 77.0 Å². The first-order chi connectivity index (χ1) is 10.3. The number of epoxide rings is 1. The Morgan fingerprint density at radius 2 is 1.33 bits per heavy atom. The van der Waals surface area contributed by atoms with Crippen LogP contribution in [0.2, 0.25) is 0 Å². The standard InChI is InChI=1S/C19H38O2/c1-3-5-7-9-10-12-14-18(13-11-8-6-4-2)15-19(16-20)17-21-19/h18,20H,3-17H2,1-2H3/t18?,19-/m1/s1. The van der Waals surface area contributed by atoms with Crippen molar-refractivity contribution >= 4 is 0 Å². The molecule has 0 spiro atoms. The first-order valence-electron chi connectivity index (χ1n) is 9.51. The van der Waals surface area contributed by atoms with Crippen molar-refractivity contribution in [3.8, 4) is 0 Å². The maximum atomic E-state index is 9.46. The van der Waals surface area contributed by atoms with Crippen LogP contribution in [0.25, 0.3) is 0 Å². The summed E-state index contributed by atoms with van der Waals surface area (Å²) in [5.74, 6) is 0.766. The van der Waals surface area contributed by atoms with Gasteiger partial charge in [-0.3, -0.25) is 0 Å². The Bertz CT molecular complexity index is 236. The maximum absolute atomic E-state index is 9.46. The summed E-state index contributed by atoms with van der Waals surface area (Å²) >= 11 is 0. The number of ether oxygens (including phenoxy) is 1. The van der Waals surface area contributed by atoms with Crippen LogP contribution < -0.4 is 0 Å². The number of unbranched alkanes of at least 4 members (excludes halogenated alkanes) is 8. The highest BCUT2D eigenvalue weighted by Gasteiger charge is 2.45. The Hall–Kier alpha value is -0.0800. The van der Waals surface area contributed by atoms with E-state index in [4.69, 9.17) is 4.74 Å². The third-order valence-electron chi connectivity index (χ3n) is 4.93. The minimum Gasteiger partial charge on any atom is -0.393 e. The number of hydrogen-bond acceptors (Lipinski definition) is 2. The molecular formula is C19H38O2. The van der Waals surface area contributed by atoms with Gasteiger partial charge >= 0.3 is 0 Å². The van der Waals surface area contributed by atoms with Gasteiger partial charge in [0.2, 0.25) is 0 Å². The monoisotopic (exact) mass is 298 g/mol. The van der Waals surface area contributed by atoms with E-state index in [1.54, 1.807) is 0 Å². The Labute approximate surface area is 132 Å². The lowest BCUT2D eigenvalue weighted by atomic mass is 9.86. The van der Waals surface area contributed by atoms with E-state index in [9.17, 15) is 5.11 Å². The molecule has 1 heterocycles. The van der Waals surface area contributed by atoms with Crippen molar-refractivity contribution in [3.05, 3.63) is 0 Å². The first-order valence-corrected chi connectivity index (χ1v) is 9.51. The van der Waals surface area contributed by atoms with E-state index in [-0.39, 0.29) is 12.2 Å². The summed E-state index contributed by atoms with van der Waals surface area (Å²) in [6, 6.07) is 0. The van der Waals surface area contributed by atoms with Gasteiger partial charge in [-0.25, -0.2) is 0 Å². The second-order valence-corrected chi connectivity index (χ2v) is 7.11.